The average Bonchev–Trinajstić information content (AvgIpc) is 2.49. The van der Waals surface area contributed by atoms with E-state index in [0.717, 1.165) is 25.2 Å². The van der Waals surface area contributed by atoms with Crippen LogP contribution in [-0.4, -0.2) is 12.1 Å². The average molecular weight is 280 g/mol. The molecule has 2 atom stereocenters. The van der Waals surface area contributed by atoms with Crippen LogP contribution in [0.2, 0.25) is 0 Å². The van der Waals surface area contributed by atoms with E-state index in [4.69, 9.17) is 4.74 Å². The summed E-state index contributed by atoms with van der Waals surface area (Å²) in [5, 5.41) is 0. The van der Waals surface area contributed by atoms with Crippen LogP contribution in [0, 0.1) is 17.8 Å². The molecule has 0 amide bonds. The molecule has 0 bridgehead atoms. The molecule has 0 radical (unpaired) electrons. The Kier molecular flexibility index (Phi) is 6.38. The molecule has 1 saturated carbocycles. The summed E-state index contributed by atoms with van der Waals surface area (Å²) >= 11 is 0. The Morgan fingerprint density at radius 3 is 2.35 bits per heavy atom. The van der Waals surface area contributed by atoms with E-state index in [1.54, 1.807) is 0 Å². The van der Waals surface area contributed by atoms with Crippen molar-refractivity contribution >= 4 is 5.97 Å². The van der Waals surface area contributed by atoms with Crippen LogP contribution in [0.15, 0.2) is 0 Å². The molecule has 116 valence electrons. The zero-order chi connectivity index (χ0) is 14.4. The second-order valence-corrected chi connectivity index (χ2v) is 6.93. The molecule has 0 N–H and O–H groups in total. The fourth-order valence-corrected chi connectivity index (χ4v) is 3.99. The van der Waals surface area contributed by atoms with Crippen LogP contribution >= 0.6 is 0 Å². The minimum Gasteiger partial charge on any atom is -0.462 e. The number of rotatable bonds is 6. The Labute approximate surface area is 124 Å². The summed E-state index contributed by atoms with van der Waals surface area (Å²) in [5.74, 6) is 1.88. The maximum Gasteiger partial charge on any atom is 0.309 e. The van der Waals surface area contributed by atoms with E-state index in [1.165, 1.54) is 51.4 Å². The summed E-state index contributed by atoms with van der Waals surface area (Å²) < 4.78 is 5.80. The quantitative estimate of drug-likeness (QED) is 0.499. The molecule has 1 heterocycles. The van der Waals surface area contributed by atoms with Gasteiger partial charge in [0.25, 0.3) is 0 Å². The first kappa shape index (κ1) is 15.9. The van der Waals surface area contributed by atoms with Crippen molar-refractivity contribution in [2.24, 2.45) is 17.8 Å². The van der Waals surface area contributed by atoms with Gasteiger partial charge in [-0.15, -0.1) is 0 Å². The topological polar surface area (TPSA) is 26.3 Å². The van der Waals surface area contributed by atoms with Crippen molar-refractivity contribution in [1.29, 1.82) is 0 Å². The number of hydrogen-bond donors (Lipinski definition) is 0. The molecule has 2 rings (SSSR count). The highest BCUT2D eigenvalue weighted by atomic mass is 16.5. The molecular formula is C18H32O2. The predicted octanol–water partition coefficient (Wildman–Crippen LogP) is 5.10. The van der Waals surface area contributed by atoms with Gasteiger partial charge in [0.1, 0.15) is 6.10 Å². The number of unbranched alkanes of at least 4 members (excludes halogenated alkanes) is 2. The first-order chi connectivity index (χ1) is 9.74. The van der Waals surface area contributed by atoms with Crippen LogP contribution in [0.3, 0.4) is 0 Å². The predicted molar refractivity (Wildman–Crippen MR) is 82.5 cm³/mol. The lowest BCUT2D eigenvalue weighted by Crippen LogP contribution is -2.37. The maximum absolute atomic E-state index is 12.1. The zero-order valence-electron chi connectivity index (χ0n) is 13.4. The second-order valence-electron chi connectivity index (χ2n) is 6.93. The van der Waals surface area contributed by atoms with E-state index in [0.29, 0.717) is 5.92 Å². The lowest BCUT2D eigenvalue weighted by atomic mass is 9.76. The van der Waals surface area contributed by atoms with E-state index in [2.05, 4.69) is 13.8 Å². The maximum atomic E-state index is 12.1. The van der Waals surface area contributed by atoms with Gasteiger partial charge >= 0.3 is 5.97 Å². The lowest BCUT2D eigenvalue weighted by Gasteiger charge is -2.37. The van der Waals surface area contributed by atoms with Gasteiger partial charge in [0.15, 0.2) is 0 Å². The standard InChI is InChI=1S/C18H32O2/c1-3-5-6-7-16-12-13-17(20-18(16)19)15-10-8-14(4-2)9-11-15/h14-17H,3-13H2,1-2H3. The normalized spacial score (nSPS) is 34.8. The van der Waals surface area contributed by atoms with Crippen molar-refractivity contribution in [1.82, 2.24) is 0 Å². The molecule has 2 heteroatoms. The van der Waals surface area contributed by atoms with Crippen molar-refractivity contribution in [3.8, 4) is 0 Å². The molecule has 0 aromatic carbocycles. The van der Waals surface area contributed by atoms with Crippen molar-refractivity contribution in [3.05, 3.63) is 0 Å². The summed E-state index contributed by atoms with van der Waals surface area (Å²) in [5.41, 5.74) is 0. The number of ether oxygens (including phenoxy) is 1. The molecule has 0 spiro atoms. The van der Waals surface area contributed by atoms with Gasteiger partial charge in [-0.25, -0.2) is 0 Å². The van der Waals surface area contributed by atoms with Gasteiger partial charge in [-0.1, -0.05) is 52.4 Å². The fraction of sp³-hybridized carbons (Fsp3) is 0.944. The molecule has 0 aromatic rings. The minimum atomic E-state index is 0.106. The molecule has 2 aliphatic rings. The van der Waals surface area contributed by atoms with Crippen LogP contribution in [-0.2, 0) is 9.53 Å². The Morgan fingerprint density at radius 1 is 1.00 bits per heavy atom. The van der Waals surface area contributed by atoms with Crippen LogP contribution in [0.5, 0.6) is 0 Å². The molecule has 2 unspecified atom stereocenters. The number of esters is 1. The van der Waals surface area contributed by atoms with E-state index < -0.39 is 0 Å². The number of carbonyl (C=O) groups excluding carboxylic acids is 1. The van der Waals surface area contributed by atoms with Gasteiger partial charge in [-0.2, -0.15) is 0 Å². The largest absolute Gasteiger partial charge is 0.462 e. The monoisotopic (exact) mass is 280 g/mol. The molecule has 2 fully saturated rings. The van der Waals surface area contributed by atoms with E-state index >= 15 is 0 Å². The van der Waals surface area contributed by atoms with Gasteiger partial charge in [-0.05, 0) is 43.9 Å². The third-order valence-electron chi connectivity index (χ3n) is 5.55. The first-order valence-electron chi connectivity index (χ1n) is 8.95. The summed E-state index contributed by atoms with van der Waals surface area (Å²) in [6, 6.07) is 0. The zero-order valence-corrected chi connectivity index (χ0v) is 13.4. The third kappa shape index (κ3) is 4.23. The van der Waals surface area contributed by atoms with E-state index in [9.17, 15) is 4.79 Å². The Morgan fingerprint density at radius 2 is 1.75 bits per heavy atom. The summed E-state index contributed by atoms with van der Waals surface area (Å²) in [4.78, 5) is 12.1. The Balaban J connectivity index is 1.73. The van der Waals surface area contributed by atoms with Gasteiger partial charge < -0.3 is 4.74 Å². The van der Waals surface area contributed by atoms with Crippen LogP contribution < -0.4 is 0 Å². The summed E-state index contributed by atoms with van der Waals surface area (Å²) in [6.45, 7) is 4.51. The molecule has 2 nitrogen and oxygen atoms in total. The molecule has 1 aliphatic heterocycles. The van der Waals surface area contributed by atoms with E-state index in [1.807, 2.05) is 0 Å². The molecule has 1 saturated heterocycles. The van der Waals surface area contributed by atoms with Gasteiger partial charge in [-0.3, -0.25) is 4.79 Å². The minimum absolute atomic E-state index is 0.106. The van der Waals surface area contributed by atoms with Gasteiger partial charge in [0.2, 0.25) is 0 Å². The van der Waals surface area contributed by atoms with Crippen LogP contribution in [0.1, 0.15) is 84.5 Å². The van der Waals surface area contributed by atoms with Crippen LogP contribution in [0.4, 0.5) is 0 Å². The van der Waals surface area contributed by atoms with Gasteiger partial charge in [0.05, 0.1) is 5.92 Å². The SMILES string of the molecule is CCCCCC1CCC(C2CCC(CC)CC2)OC1=O. The second kappa shape index (κ2) is 8.05. The highest BCUT2D eigenvalue weighted by Gasteiger charge is 2.35. The molecule has 1 aliphatic carbocycles. The first-order valence-corrected chi connectivity index (χ1v) is 8.95. The molecule has 0 aromatic heterocycles. The number of cyclic esters (lactones) is 1. The molecule has 20 heavy (non-hydrogen) atoms. The fourth-order valence-electron chi connectivity index (χ4n) is 3.99. The summed E-state index contributed by atoms with van der Waals surface area (Å²) in [7, 11) is 0. The Bertz CT molecular complexity index is 292. The number of hydrogen-bond acceptors (Lipinski definition) is 2. The highest BCUT2D eigenvalue weighted by Crippen LogP contribution is 2.37. The highest BCUT2D eigenvalue weighted by molar-refractivity contribution is 5.73. The number of carbonyl (C=O) groups is 1. The molecular weight excluding hydrogens is 248 g/mol. The third-order valence-corrected chi connectivity index (χ3v) is 5.55. The van der Waals surface area contributed by atoms with Crippen molar-refractivity contribution in [2.75, 3.05) is 0 Å². The van der Waals surface area contributed by atoms with Crippen molar-refractivity contribution < 1.29 is 9.53 Å². The van der Waals surface area contributed by atoms with Crippen LogP contribution in [0.25, 0.3) is 0 Å². The smallest absolute Gasteiger partial charge is 0.309 e. The van der Waals surface area contributed by atoms with Crippen molar-refractivity contribution in [2.45, 2.75) is 90.6 Å². The Hall–Kier alpha value is -0.530. The summed E-state index contributed by atoms with van der Waals surface area (Å²) in [6.07, 6.45) is 13.7. The van der Waals surface area contributed by atoms with E-state index in [-0.39, 0.29) is 18.0 Å². The van der Waals surface area contributed by atoms with Crippen molar-refractivity contribution in [3.63, 3.8) is 0 Å². The van der Waals surface area contributed by atoms with Gasteiger partial charge in [0, 0.05) is 0 Å². The lowest BCUT2D eigenvalue weighted by molar-refractivity contribution is -0.165.